The van der Waals surface area contributed by atoms with E-state index in [2.05, 4.69) is 11.2 Å². The summed E-state index contributed by atoms with van der Waals surface area (Å²) in [5.74, 6) is 0. The molecule has 0 saturated heterocycles. The van der Waals surface area contributed by atoms with Crippen molar-refractivity contribution in [1.29, 1.82) is 0 Å². The van der Waals surface area contributed by atoms with Gasteiger partial charge < -0.3 is 5.21 Å². The van der Waals surface area contributed by atoms with Gasteiger partial charge in [-0.05, 0) is 19.4 Å². The van der Waals surface area contributed by atoms with Crippen molar-refractivity contribution < 1.29 is 5.21 Å². The molecule has 0 unspecified atom stereocenters. The zero-order valence-corrected chi connectivity index (χ0v) is 6.70. The Morgan fingerprint density at radius 1 is 1.18 bits per heavy atom. The molecule has 0 atom stereocenters. The molecular formula is C9H11NO. The Morgan fingerprint density at radius 2 is 1.73 bits per heavy atom. The predicted octanol–water partition coefficient (Wildman–Crippen LogP) is 2.11. The maximum absolute atomic E-state index is 8.27. The molecule has 2 nitrogen and oxygen atoms in total. The minimum Gasteiger partial charge on any atom is -0.411 e. The van der Waals surface area contributed by atoms with E-state index in [-0.39, 0.29) is 0 Å². The molecule has 0 amide bonds. The average Bonchev–Trinajstić information content (AvgIpc) is 1.85. The summed E-state index contributed by atoms with van der Waals surface area (Å²) in [6.07, 6.45) is 1.43. The highest BCUT2D eigenvalue weighted by Crippen LogP contribution is 2.06. The SMILES string of the molecule is Cc1cc(C)cc(/C=N\O)c1. The maximum atomic E-state index is 8.27. The van der Waals surface area contributed by atoms with Crippen molar-refractivity contribution in [2.24, 2.45) is 5.16 Å². The van der Waals surface area contributed by atoms with Crippen LogP contribution in [0, 0.1) is 13.8 Å². The molecule has 1 aromatic carbocycles. The van der Waals surface area contributed by atoms with Gasteiger partial charge in [-0.25, -0.2) is 0 Å². The van der Waals surface area contributed by atoms with Gasteiger partial charge in [-0.1, -0.05) is 34.5 Å². The lowest BCUT2D eigenvalue weighted by atomic mass is 10.1. The van der Waals surface area contributed by atoms with Crippen LogP contribution >= 0.6 is 0 Å². The lowest BCUT2D eigenvalue weighted by Crippen LogP contribution is -1.84. The predicted molar refractivity (Wildman–Crippen MR) is 45.3 cm³/mol. The second kappa shape index (κ2) is 3.19. The summed E-state index contributed by atoms with van der Waals surface area (Å²) in [4.78, 5) is 0. The molecular weight excluding hydrogens is 138 g/mol. The Kier molecular flexibility index (Phi) is 2.26. The first-order valence-electron chi connectivity index (χ1n) is 3.48. The molecule has 0 aliphatic heterocycles. The van der Waals surface area contributed by atoms with Crippen molar-refractivity contribution >= 4 is 6.21 Å². The first-order valence-corrected chi connectivity index (χ1v) is 3.48. The summed E-state index contributed by atoms with van der Waals surface area (Å²) >= 11 is 0. The van der Waals surface area contributed by atoms with Gasteiger partial charge in [0.25, 0.3) is 0 Å². The molecule has 1 rings (SSSR count). The van der Waals surface area contributed by atoms with Gasteiger partial charge >= 0.3 is 0 Å². The summed E-state index contributed by atoms with van der Waals surface area (Å²) in [6, 6.07) is 6.01. The standard InChI is InChI=1S/C9H11NO/c1-7-3-8(2)5-9(4-7)6-10-11/h3-6,11H,1-2H3/b10-6-. The number of nitrogens with zero attached hydrogens (tertiary/aromatic N) is 1. The fourth-order valence-electron chi connectivity index (χ4n) is 1.15. The maximum Gasteiger partial charge on any atom is 0.0734 e. The minimum absolute atomic E-state index is 0.935. The first-order chi connectivity index (χ1) is 5.22. The van der Waals surface area contributed by atoms with Crippen LogP contribution in [-0.4, -0.2) is 11.4 Å². The Balaban J connectivity index is 3.08. The summed E-state index contributed by atoms with van der Waals surface area (Å²) < 4.78 is 0. The third kappa shape index (κ3) is 2.08. The average molecular weight is 149 g/mol. The number of benzene rings is 1. The van der Waals surface area contributed by atoms with E-state index in [1.165, 1.54) is 17.3 Å². The van der Waals surface area contributed by atoms with Crippen molar-refractivity contribution in [1.82, 2.24) is 0 Å². The Morgan fingerprint density at radius 3 is 2.18 bits per heavy atom. The zero-order valence-electron chi connectivity index (χ0n) is 6.70. The minimum atomic E-state index is 0.935. The van der Waals surface area contributed by atoms with Crippen LogP contribution in [0.4, 0.5) is 0 Å². The summed E-state index contributed by atoms with van der Waals surface area (Å²) in [7, 11) is 0. The van der Waals surface area contributed by atoms with E-state index in [0.29, 0.717) is 0 Å². The third-order valence-electron chi connectivity index (χ3n) is 1.45. The van der Waals surface area contributed by atoms with E-state index in [1.54, 1.807) is 0 Å². The van der Waals surface area contributed by atoms with Gasteiger partial charge in [-0.15, -0.1) is 0 Å². The van der Waals surface area contributed by atoms with Crippen LogP contribution < -0.4 is 0 Å². The first kappa shape index (κ1) is 7.79. The van der Waals surface area contributed by atoms with Crippen LogP contribution in [0.25, 0.3) is 0 Å². The van der Waals surface area contributed by atoms with Crippen LogP contribution in [-0.2, 0) is 0 Å². The van der Waals surface area contributed by atoms with E-state index in [0.717, 1.165) is 5.56 Å². The smallest absolute Gasteiger partial charge is 0.0734 e. The summed E-state index contributed by atoms with van der Waals surface area (Å²) in [5.41, 5.74) is 3.30. The number of oxime groups is 1. The van der Waals surface area contributed by atoms with Crippen LogP contribution in [0.5, 0.6) is 0 Å². The van der Waals surface area contributed by atoms with E-state index >= 15 is 0 Å². The van der Waals surface area contributed by atoms with E-state index in [1.807, 2.05) is 26.0 Å². The van der Waals surface area contributed by atoms with Crippen LogP contribution in [0.1, 0.15) is 16.7 Å². The fourth-order valence-corrected chi connectivity index (χ4v) is 1.15. The summed E-state index contributed by atoms with van der Waals surface area (Å²) in [5, 5.41) is 11.2. The molecule has 0 saturated carbocycles. The van der Waals surface area contributed by atoms with E-state index < -0.39 is 0 Å². The van der Waals surface area contributed by atoms with Crippen LogP contribution in [0.15, 0.2) is 23.4 Å². The van der Waals surface area contributed by atoms with Gasteiger partial charge in [0, 0.05) is 0 Å². The molecule has 1 N–H and O–H groups in total. The van der Waals surface area contributed by atoms with Crippen molar-refractivity contribution in [3.8, 4) is 0 Å². The number of aryl methyl sites for hydroxylation is 2. The lowest BCUT2D eigenvalue weighted by Gasteiger charge is -1.97. The normalized spacial score (nSPS) is 10.7. The fraction of sp³-hybridized carbons (Fsp3) is 0.222. The quantitative estimate of drug-likeness (QED) is 0.370. The number of hydrogen-bond donors (Lipinski definition) is 1. The monoisotopic (exact) mass is 149 g/mol. The van der Waals surface area contributed by atoms with Crippen molar-refractivity contribution in [3.63, 3.8) is 0 Å². The van der Waals surface area contributed by atoms with Gasteiger partial charge in [0.2, 0.25) is 0 Å². The molecule has 0 heterocycles. The Hall–Kier alpha value is -1.31. The van der Waals surface area contributed by atoms with Crippen molar-refractivity contribution in [2.45, 2.75) is 13.8 Å². The Labute approximate surface area is 66.2 Å². The molecule has 0 aromatic heterocycles. The molecule has 0 aliphatic carbocycles. The van der Waals surface area contributed by atoms with Gasteiger partial charge in [-0.3, -0.25) is 0 Å². The molecule has 58 valence electrons. The highest BCUT2D eigenvalue weighted by molar-refractivity contribution is 5.79. The van der Waals surface area contributed by atoms with Gasteiger partial charge in [-0.2, -0.15) is 0 Å². The zero-order chi connectivity index (χ0) is 8.27. The molecule has 11 heavy (non-hydrogen) atoms. The summed E-state index contributed by atoms with van der Waals surface area (Å²) in [6.45, 7) is 4.03. The van der Waals surface area contributed by atoms with E-state index in [9.17, 15) is 0 Å². The van der Waals surface area contributed by atoms with Gasteiger partial charge in [0.05, 0.1) is 6.21 Å². The second-order valence-corrected chi connectivity index (χ2v) is 2.67. The molecule has 0 bridgehead atoms. The lowest BCUT2D eigenvalue weighted by molar-refractivity contribution is 0.322. The number of hydrogen-bond acceptors (Lipinski definition) is 2. The third-order valence-corrected chi connectivity index (χ3v) is 1.45. The highest BCUT2D eigenvalue weighted by atomic mass is 16.4. The van der Waals surface area contributed by atoms with E-state index in [4.69, 9.17) is 5.21 Å². The van der Waals surface area contributed by atoms with Crippen molar-refractivity contribution in [2.75, 3.05) is 0 Å². The molecule has 1 aromatic rings. The van der Waals surface area contributed by atoms with Crippen molar-refractivity contribution in [3.05, 3.63) is 34.9 Å². The largest absolute Gasteiger partial charge is 0.411 e. The topological polar surface area (TPSA) is 32.6 Å². The molecule has 0 aliphatic rings. The van der Waals surface area contributed by atoms with Crippen LogP contribution in [0.2, 0.25) is 0 Å². The van der Waals surface area contributed by atoms with Gasteiger partial charge in [0.1, 0.15) is 0 Å². The van der Waals surface area contributed by atoms with Crippen LogP contribution in [0.3, 0.4) is 0 Å². The Bertz CT molecular complexity index is 259. The molecule has 2 heteroatoms. The molecule has 0 spiro atoms. The highest BCUT2D eigenvalue weighted by Gasteiger charge is 1.91. The second-order valence-electron chi connectivity index (χ2n) is 2.67. The number of rotatable bonds is 1. The molecule has 0 fully saturated rings. The molecule has 0 radical (unpaired) electrons. The van der Waals surface area contributed by atoms with Gasteiger partial charge in [0.15, 0.2) is 0 Å².